The van der Waals surface area contributed by atoms with E-state index < -0.39 is 16.6 Å². The summed E-state index contributed by atoms with van der Waals surface area (Å²) in [5.41, 5.74) is 0.283. The number of nitrogens with one attached hydrogen (secondary N) is 1. The number of aliphatic hydroxyl groups excluding tert-OH is 1. The van der Waals surface area contributed by atoms with E-state index in [4.69, 9.17) is 4.74 Å². The molecule has 1 aliphatic rings. The van der Waals surface area contributed by atoms with Crippen LogP contribution < -0.4 is 10.1 Å². The van der Waals surface area contributed by atoms with Gasteiger partial charge in [-0.25, -0.2) is 0 Å². The van der Waals surface area contributed by atoms with E-state index in [1.165, 1.54) is 37.7 Å². The van der Waals surface area contributed by atoms with Gasteiger partial charge in [0.25, 0.3) is 0 Å². The van der Waals surface area contributed by atoms with Gasteiger partial charge in [-0.1, -0.05) is 96.2 Å². The number of methoxy groups -OCH3 is 1. The monoisotopic (exact) mass is 563 g/mol. The third kappa shape index (κ3) is 8.44. The molecular weight excluding hydrogens is 514 g/mol. The second kappa shape index (κ2) is 15.2. The second-order valence-electron chi connectivity index (χ2n) is 12.2. The molecule has 0 saturated heterocycles. The topological polar surface area (TPSA) is 108 Å². The summed E-state index contributed by atoms with van der Waals surface area (Å²) in [6.07, 6.45) is 10.7. The Morgan fingerprint density at radius 1 is 0.854 bits per heavy atom. The Hall–Kier alpha value is -3.13. The number of aliphatic hydroxyl groups is 1. The molecule has 1 heterocycles. The maximum absolute atomic E-state index is 13.7. The van der Waals surface area contributed by atoms with E-state index in [2.05, 4.69) is 57.2 Å². The highest BCUT2D eigenvalue weighted by molar-refractivity contribution is 5.82. The van der Waals surface area contributed by atoms with Gasteiger partial charge in [0.05, 0.1) is 7.11 Å². The van der Waals surface area contributed by atoms with E-state index in [1.807, 2.05) is 45.0 Å². The minimum atomic E-state index is -1.20. The Morgan fingerprint density at radius 2 is 1.46 bits per heavy atom. The molecule has 0 radical (unpaired) electrons. The van der Waals surface area contributed by atoms with Crippen molar-refractivity contribution in [2.75, 3.05) is 13.7 Å². The molecular formula is C33H49N5O3. The van der Waals surface area contributed by atoms with Crippen molar-refractivity contribution in [3.63, 3.8) is 0 Å². The number of carbonyl (C=O) groups excluding carboxylic acids is 1. The fourth-order valence-corrected chi connectivity index (χ4v) is 5.39. The van der Waals surface area contributed by atoms with Crippen LogP contribution in [0.5, 0.6) is 5.75 Å². The number of ether oxygens (including phenoxy) is 1. The highest BCUT2D eigenvalue weighted by Gasteiger charge is 2.57. The number of hydrogen-bond acceptors (Lipinski definition) is 7. The molecule has 0 bridgehead atoms. The van der Waals surface area contributed by atoms with E-state index in [9.17, 15) is 9.90 Å². The van der Waals surface area contributed by atoms with Crippen molar-refractivity contribution in [2.45, 2.75) is 110 Å². The van der Waals surface area contributed by atoms with Gasteiger partial charge in [0.15, 0.2) is 0 Å². The van der Waals surface area contributed by atoms with Crippen molar-refractivity contribution in [1.29, 1.82) is 0 Å². The lowest BCUT2D eigenvalue weighted by molar-refractivity contribution is -0.132. The summed E-state index contributed by atoms with van der Waals surface area (Å²) in [6, 6.07) is 16.3. The summed E-state index contributed by atoms with van der Waals surface area (Å²) in [4.78, 5) is 13.7. The zero-order chi connectivity index (χ0) is 29.8. The molecule has 0 saturated carbocycles. The molecule has 41 heavy (non-hydrogen) atoms. The maximum Gasteiger partial charge on any atom is 0.226 e. The third-order valence-electron chi connectivity index (χ3n) is 7.99. The number of unbranched alkanes of at least 4 members (excludes halogenated alkanes) is 6. The molecule has 2 aromatic rings. The summed E-state index contributed by atoms with van der Waals surface area (Å²) in [5, 5.41) is 30.4. The number of carbonyl (C=O) groups is 1. The average Bonchev–Trinajstić information content (AvgIpc) is 3.44. The van der Waals surface area contributed by atoms with Gasteiger partial charge in [0.2, 0.25) is 11.6 Å². The molecule has 0 fully saturated rings. The number of aryl methyl sites for hydroxylation is 1. The summed E-state index contributed by atoms with van der Waals surface area (Å²) in [5.74, 6) is 0.651. The second-order valence-corrected chi connectivity index (χ2v) is 12.2. The highest BCUT2D eigenvalue weighted by Crippen LogP contribution is 2.46. The minimum Gasteiger partial charge on any atom is -0.497 e. The van der Waals surface area contributed by atoms with Gasteiger partial charge in [-0.05, 0) is 71.4 Å². The number of nitrogens with zero attached hydrogens (tertiary/aromatic N) is 4. The number of rotatable bonds is 17. The van der Waals surface area contributed by atoms with Gasteiger partial charge < -0.3 is 15.2 Å². The van der Waals surface area contributed by atoms with Crippen LogP contribution in [0.4, 0.5) is 0 Å². The largest absolute Gasteiger partial charge is 0.497 e. The molecule has 2 aromatic carbocycles. The zero-order valence-electron chi connectivity index (χ0n) is 25.7. The molecule has 8 heteroatoms. The Balaban J connectivity index is 2.03. The van der Waals surface area contributed by atoms with Crippen LogP contribution in [0.1, 0.15) is 102 Å². The Kier molecular flexibility index (Phi) is 12.0. The predicted molar refractivity (Wildman–Crippen MR) is 163 cm³/mol. The first kappa shape index (κ1) is 32.4. The van der Waals surface area contributed by atoms with Crippen molar-refractivity contribution in [3.05, 3.63) is 65.2 Å². The van der Waals surface area contributed by atoms with E-state index in [0.717, 1.165) is 29.7 Å². The molecule has 3 rings (SSSR count). The van der Waals surface area contributed by atoms with Gasteiger partial charge in [0, 0.05) is 18.4 Å². The SMILES string of the molecule is CCCCCCCCc1ccc(C(CCCCO)(NC(=O)C(C)(C)C)C2(Cc3ccc(OC)cc3)N=NN=N2)cc1. The lowest BCUT2D eigenvalue weighted by Gasteiger charge is -2.45. The minimum absolute atomic E-state index is 0.0645. The number of benzene rings is 2. The smallest absolute Gasteiger partial charge is 0.226 e. The molecule has 1 amide bonds. The van der Waals surface area contributed by atoms with E-state index >= 15 is 0 Å². The number of amides is 1. The average molecular weight is 564 g/mol. The van der Waals surface area contributed by atoms with E-state index in [-0.39, 0.29) is 12.5 Å². The van der Waals surface area contributed by atoms with Crippen molar-refractivity contribution >= 4 is 5.91 Å². The fourth-order valence-electron chi connectivity index (χ4n) is 5.39. The molecule has 1 atom stereocenters. The lowest BCUT2D eigenvalue weighted by Crippen LogP contribution is -2.62. The standard InChI is InChI=1S/C33H49N5O3/c1-6-7-8-9-10-11-14-26-15-19-28(20-16-26)32(23-12-13-24-39,34-30(40)31(2,3)4)33(35-37-38-36-33)25-27-17-21-29(41-5)22-18-27/h15-22,39H,6-14,23-25H2,1-5H3,(H,34,40). The van der Waals surface area contributed by atoms with Crippen LogP contribution in [-0.2, 0) is 23.2 Å². The first-order valence-corrected chi connectivity index (χ1v) is 15.2. The molecule has 0 aliphatic carbocycles. The summed E-state index contributed by atoms with van der Waals surface area (Å²) < 4.78 is 5.36. The van der Waals surface area contributed by atoms with Gasteiger partial charge in [-0.3, -0.25) is 4.79 Å². The van der Waals surface area contributed by atoms with Crippen molar-refractivity contribution in [1.82, 2.24) is 5.32 Å². The van der Waals surface area contributed by atoms with Crippen LogP contribution in [0, 0.1) is 5.41 Å². The lowest BCUT2D eigenvalue weighted by atomic mass is 9.71. The third-order valence-corrected chi connectivity index (χ3v) is 7.99. The normalized spacial score (nSPS) is 15.6. The highest BCUT2D eigenvalue weighted by atomic mass is 16.5. The summed E-state index contributed by atoms with van der Waals surface area (Å²) >= 11 is 0. The molecule has 1 unspecified atom stereocenters. The molecule has 0 aromatic heterocycles. The first-order valence-electron chi connectivity index (χ1n) is 15.2. The van der Waals surface area contributed by atoms with Gasteiger partial charge in [-0.2, -0.15) is 0 Å². The zero-order valence-corrected chi connectivity index (χ0v) is 25.7. The van der Waals surface area contributed by atoms with Crippen molar-refractivity contribution < 1.29 is 14.6 Å². The van der Waals surface area contributed by atoms with Gasteiger partial charge in [-0.15, -0.1) is 10.2 Å². The van der Waals surface area contributed by atoms with Crippen LogP contribution in [0.2, 0.25) is 0 Å². The van der Waals surface area contributed by atoms with Crippen molar-refractivity contribution in [3.8, 4) is 5.75 Å². The van der Waals surface area contributed by atoms with Crippen LogP contribution >= 0.6 is 0 Å². The van der Waals surface area contributed by atoms with Gasteiger partial charge in [0.1, 0.15) is 11.3 Å². The molecule has 224 valence electrons. The summed E-state index contributed by atoms with van der Waals surface area (Å²) in [7, 11) is 1.64. The summed E-state index contributed by atoms with van der Waals surface area (Å²) in [6.45, 7) is 8.01. The first-order chi connectivity index (χ1) is 19.7. The molecule has 0 spiro atoms. The number of hydrogen-bond donors (Lipinski definition) is 2. The predicted octanol–water partition coefficient (Wildman–Crippen LogP) is 7.89. The van der Waals surface area contributed by atoms with E-state index in [0.29, 0.717) is 25.7 Å². The van der Waals surface area contributed by atoms with Gasteiger partial charge >= 0.3 is 0 Å². The molecule has 2 N–H and O–H groups in total. The Morgan fingerprint density at radius 3 is 2.05 bits per heavy atom. The molecule has 1 aliphatic heterocycles. The van der Waals surface area contributed by atoms with Crippen LogP contribution in [0.25, 0.3) is 0 Å². The van der Waals surface area contributed by atoms with Crippen LogP contribution in [0.3, 0.4) is 0 Å². The Bertz CT molecular complexity index is 1130. The molecule has 8 nitrogen and oxygen atoms in total. The fraction of sp³-hybridized carbons (Fsp3) is 0.606. The Labute approximate surface area is 246 Å². The van der Waals surface area contributed by atoms with E-state index in [1.54, 1.807) is 7.11 Å². The maximum atomic E-state index is 13.7. The van der Waals surface area contributed by atoms with Crippen LogP contribution in [-0.4, -0.2) is 30.4 Å². The quantitative estimate of drug-likeness (QED) is 0.191. The van der Waals surface area contributed by atoms with Crippen molar-refractivity contribution in [2.24, 2.45) is 26.1 Å². The van der Waals surface area contributed by atoms with Crippen LogP contribution in [0.15, 0.2) is 69.2 Å².